The molecule has 0 aliphatic heterocycles. The maximum absolute atomic E-state index is 9.77. The maximum atomic E-state index is 9.77. The van der Waals surface area contributed by atoms with Gasteiger partial charge in [0.1, 0.15) is 0 Å². The lowest BCUT2D eigenvalue weighted by atomic mass is 9.92. The molecule has 0 radical (unpaired) electrons. The van der Waals surface area contributed by atoms with E-state index in [-0.39, 0.29) is 12.1 Å². The first kappa shape index (κ1) is 10.6. The lowest BCUT2D eigenvalue weighted by molar-refractivity contribution is 0.0902. The molecule has 84 valence electrons. The van der Waals surface area contributed by atoms with E-state index in [1.54, 1.807) is 4.68 Å². The summed E-state index contributed by atoms with van der Waals surface area (Å²) in [6, 6.07) is 0.263. The number of aryl methyl sites for hydroxylation is 1. The van der Waals surface area contributed by atoms with Gasteiger partial charge in [-0.3, -0.25) is 4.68 Å². The minimum atomic E-state index is -0.171. The van der Waals surface area contributed by atoms with Crippen molar-refractivity contribution in [3.63, 3.8) is 0 Å². The number of rotatable bonds is 3. The SMILES string of the molecule is Cn1cc(CN[C@@H]2CCCC[C@@H]2O)cn1. The van der Waals surface area contributed by atoms with E-state index in [9.17, 15) is 5.11 Å². The Hall–Kier alpha value is -0.870. The molecule has 2 rings (SSSR count). The number of hydrogen-bond donors (Lipinski definition) is 2. The third kappa shape index (κ3) is 2.79. The van der Waals surface area contributed by atoms with Crippen LogP contribution in [-0.2, 0) is 13.6 Å². The highest BCUT2D eigenvalue weighted by molar-refractivity contribution is 5.03. The Morgan fingerprint density at radius 2 is 2.33 bits per heavy atom. The average Bonchev–Trinajstić information content (AvgIpc) is 2.63. The molecule has 4 heteroatoms. The molecule has 2 N–H and O–H groups in total. The van der Waals surface area contributed by atoms with E-state index in [1.807, 2.05) is 19.4 Å². The van der Waals surface area contributed by atoms with E-state index in [1.165, 1.54) is 12.0 Å². The van der Waals surface area contributed by atoms with Crippen molar-refractivity contribution in [2.24, 2.45) is 7.05 Å². The average molecular weight is 209 g/mol. The third-order valence-corrected chi connectivity index (χ3v) is 3.06. The van der Waals surface area contributed by atoms with Crippen LogP contribution in [0.2, 0.25) is 0 Å². The predicted molar refractivity (Wildman–Crippen MR) is 58.3 cm³/mol. The molecule has 1 fully saturated rings. The third-order valence-electron chi connectivity index (χ3n) is 3.06. The summed E-state index contributed by atoms with van der Waals surface area (Å²) in [6.45, 7) is 0.801. The summed E-state index contributed by atoms with van der Waals surface area (Å²) in [5.74, 6) is 0. The van der Waals surface area contributed by atoms with Gasteiger partial charge in [0, 0.05) is 31.4 Å². The molecule has 15 heavy (non-hydrogen) atoms. The van der Waals surface area contributed by atoms with Gasteiger partial charge in [-0.1, -0.05) is 12.8 Å². The van der Waals surface area contributed by atoms with Crippen molar-refractivity contribution in [3.05, 3.63) is 18.0 Å². The van der Waals surface area contributed by atoms with Crippen LogP contribution in [0.1, 0.15) is 31.2 Å². The standard InChI is InChI=1S/C11H19N3O/c1-14-8-9(7-13-14)6-12-10-4-2-3-5-11(10)15/h7-8,10-12,15H,2-6H2,1H3/t10-,11+/m1/s1. The molecular formula is C11H19N3O. The van der Waals surface area contributed by atoms with Crippen LogP contribution in [0, 0.1) is 0 Å². The molecule has 0 saturated heterocycles. The van der Waals surface area contributed by atoms with Crippen molar-refractivity contribution in [1.29, 1.82) is 0 Å². The van der Waals surface area contributed by atoms with Gasteiger partial charge < -0.3 is 10.4 Å². The van der Waals surface area contributed by atoms with Gasteiger partial charge in [0.25, 0.3) is 0 Å². The summed E-state index contributed by atoms with van der Waals surface area (Å²) in [7, 11) is 1.92. The highest BCUT2D eigenvalue weighted by Gasteiger charge is 2.22. The summed E-state index contributed by atoms with van der Waals surface area (Å²) >= 11 is 0. The zero-order chi connectivity index (χ0) is 10.7. The highest BCUT2D eigenvalue weighted by atomic mass is 16.3. The number of nitrogens with zero attached hydrogens (tertiary/aromatic N) is 2. The second kappa shape index (κ2) is 4.77. The zero-order valence-electron chi connectivity index (χ0n) is 9.19. The van der Waals surface area contributed by atoms with Crippen LogP contribution in [-0.4, -0.2) is 27.0 Å². The molecule has 1 aromatic rings. The van der Waals surface area contributed by atoms with E-state index in [0.717, 1.165) is 25.8 Å². The minimum Gasteiger partial charge on any atom is -0.392 e. The smallest absolute Gasteiger partial charge is 0.0693 e. The molecule has 0 amide bonds. The van der Waals surface area contributed by atoms with Crippen LogP contribution in [0.3, 0.4) is 0 Å². The number of nitrogens with one attached hydrogen (secondary N) is 1. The first-order chi connectivity index (χ1) is 7.25. The summed E-state index contributed by atoms with van der Waals surface area (Å²) in [4.78, 5) is 0. The van der Waals surface area contributed by atoms with Crippen LogP contribution < -0.4 is 5.32 Å². The lowest BCUT2D eigenvalue weighted by Gasteiger charge is -2.28. The van der Waals surface area contributed by atoms with E-state index in [4.69, 9.17) is 0 Å². The molecule has 1 saturated carbocycles. The monoisotopic (exact) mass is 209 g/mol. The van der Waals surface area contributed by atoms with Gasteiger partial charge in [0.05, 0.1) is 12.3 Å². The molecule has 0 spiro atoms. The highest BCUT2D eigenvalue weighted by Crippen LogP contribution is 2.18. The Morgan fingerprint density at radius 1 is 1.53 bits per heavy atom. The maximum Gasteiger partial charge on any atom is 0.0693 e. The van der Waals surface area contributed by atoms with Gasteiger partial charge in [-0.25, -0.2) is 0 Å². The molecule has 1 heterocycles. The molecule has 0 unspecified atom stereocenters. The van der Waals surface area contributed by atoms with Gasteiger partial charge in [-0.15, -0.1) is 0 Å². The topological polar surface area (TPSA) is 50.1 Å². The minimum absolute atomic E-state index is 0.171. The summed E-state index contributed by atoms with van der Waals surface area (Å²) in [5, 5.41) is 17.3. The second-order valence-corrected chi connectivity index (χ2v) is 4.36. The first-order valence-electron chi connectivity index (χ1n) is 5.64. The number of aliphatic hydroxyl groups excluding tert-OH is 1. The van der Waals surface area contributed by atoms with Crippen molar-refractivity contribution in [1.82, 2.24) is 15.1 Å². The summed E-state index contributed by atoms with van der Waals surface area (Å²) in [5.41, 5.74) is 1.18. The number of hydrogen-bond acceptors (Lipinski definition) is 3. The fraction of sp³-hybridized carbons (Fsp3) is 0.727. The van der Waals surface area contributed by atoms with E-state index in [0.29, 0.717) is 0 Å². The Kier molecular flexibility index (Phi) is 3.38. The van der Waals surface area contributed by atoms with Gasteiger partial charge >= 0.3 is 0 Å². The van der Waals surface area contributed by atoms with Crippen LogP contribution >= 0.6 is 0 Å². The zero-order valence-corrected chi connectivity index (χ0v) is 9.19. The van der Waals surface area contributed by atoms with Crippen molar-refractivity contribution in [2.45, 2.75) is 44.4 Å². The summed E-state index contributed by atoms with van der Waals surface area (Å²) < 4.78 is 1.80. The van der Waals surface area contributed by atoms with E-state index < -0.39 is 0 Å². The van der Waals surface area contributed by atoms with Gasteiger partial charge in [-0.05, 0) is 12.8 Å². The molecule has 1 aromatic heterocycles. The second-order valence-electron chi connectivity index (χ2n) is 4.36. The largest absolute Gasteiger partial charge is 0.392 e. The van der Waals surface area contributed by atoms with Crippen molar-refractivity contribution in [3.8, 4) is 0 Å². The number of aliphatic hydroxyl groups is 1. The molecule has 0 aromatic carbocycles. The van der Waals surface area contributed by atoms with Crippen molar-refractivity contribution >= 4 is 0 Å². The predicted octanol–water partition coefficient (Wildman–Crippen LogP) is 0.813. The van der Waals surface area contributed by atoms with Crippen molar-refractivity contribution < 1.29 is 5.11 Å². The van der Waals surface area contributed by atoms with Crippen LogP contribution in [0.25, 0.3) is 0 Å². The van der Waals surface area contributed by atoms with Crippen molar-refractivity contribution in [2.75, 3.05) is 0 Å². The van der Waals surface area contributed by atoms with Crippen LogP contribution in [0.15, 0.2) is 12.4 Å². The number of aromatic nitrogens is 2. The molecule has 1 aliphatic carbocycles. The Bertz CT molecular complexity index is 311. The quantitative estimate of drug-likeness (QED) is 0.774. The Labute approximate surface area is 90.3 Å². The van der Waals surface area contributed by atoms with E-state index in [2.05, 4.69) is 10.4 Å². The molecule has 2 atom stereocenters. The van der Waals surface area contributed by atoms with Gasteiger partial charge in [-0.2, -0.15) is 5.10 Å². The Morgan fingerprint density at radius 3 is 3.00 bits per heavy atom. The molecule has 1 aliphatic rings. The Balaban J connectivity index is 1.81. The van der Waals surface area contributed by atoms with Gasteiger partial charge in [0.2, 0.25) is 0 Å². The molecule has 0 bridgehead atoms. The summed E-state index contributed by atoms with van der Waals surface area (Å²) in [6.07, 6.45) is 8.10. The first-order valence-corrected chi connectivity index (χ1v) is 5.64. The van der Waals surface area contributed by atoms with Gasteiger partial charge in [0.15, 0.2) is 0 Å². The molecular weight excluding hydrogens is 190 g/mol. The fourth-order valence-corrected chi connectivity index (χ4v) is 2.16. The van der Waals surface area contributed by atoms with E-state index >= 15 is 0 Å². The normalized spacial score (nSPS) is 26.8. The lowest BCUT2D eigenvalue weighted by Crippen LogP contribution is -2.41. The molecule has 4 nitrogen and oxygen atoms in total. The van der Waals surface area contributed by atoms with Crippen LogP contribution in [0.5, 0.6) is 0 Å². The van der Waals surface area contributed by atoms with Crippen LogP contribution in [0.4, 0.5) is 0 Å². The fourth-order valence-electron chi connectivity index (χ4n) is 2.16.